The van der Waals surface area contributed by atoms with Crippen LogP contribution in [0.3, 0.4) is 0 Å². The maximum atomic E-state index is 10.7. The van der Waals surface area contributed by atoms with Gasteiger partial charge < -0.3 is 5.11 Å². The second kappa shape index (κ2) is 7.79. The van der Waals surface area contributed by atoms with Crippen molar-refractivity contribution >= 4 is 5.97 Å². The predicted molar refractivity (Wildman–Crippen MR) is 67.2 cm³/mol. The zero-order chi connectivity index (χ0) is 13.4. The van der Waals surface area contributed by atoms with E-state index >= 15 is 0 Å². The van der Waals surface area contributed by atoms with E-state index in [4.69, 9.17) is 5.11 Å². The van der Waals surface area contributed by atoms with Crippen LogP contribution in [-0.2, 0) is 11.2 Å². The van der Waals surface area contributed by atoms with Crippen LogP contribution in [0.2, 0.25) is 0 Å². The van der Waals surface area contributed by atoms with Gasteiger partial charge >= 0.3 is 5.97 Å². The molecule has 18 heavy (non-hydrogen) atoms. The van der Waals surface area contributed by atoms with Gasteiger partial charge in [0.1, 0.15) is 0 Å². The third kappa shape index (κ3) is 4.81. The Morgan fingerprint density at radius 2 is 2.06 bits per heavy atom. The van der Waals surface area contributed by atoms with Crippen molar-refractivity contribution in [3.8, 4) is 0 Å². The molecule has 6 heteroatoms. The summed E-state index contributed by atoms with van der Waals surface area (Å²) in [6.45, 7) is 4.01. The van der Waals surface area contributed by atoms with Crippen molar-refractivity contribution in [2.75, 3.05) is 0 Å². The number of carboxylic acids is 1. The molecule has 1 atom stereocenters. The van der Waals surface area contributed by atoms with Gasteiger partial charge in [-0.25, -0.2) is 4.68 Å². The maximum absolute atomic E-state index is 10.7. The van der Waals surface area contributed by atoms with Crippen LogP contribution >= 0.6 is 0 Å². The van der Waals surface area contributed by atoms with E-state index in [1.165, 1.54) is 25.7 Å². The molecule has 0 bridgehead atoms. The molecule has 0 spiro atoms. The molecule has 0 fully saturated rings. The van der Waals surface area contributed by atoms with E-state index in [1.54, 1.807) is 4.68 Å². The second-order valence-corrected chi connectivity index (χ2v) is 4.65. The third-order valence-corrected chi connectivity index (χ3v) is 2.95. The Kier molecular flexibility index (Phi) is 6.32. The molecular weight excluding hydrogens is 232 g/mol. The van der Waals surface area contributed by atoms with Crippen molar-refractivity contribution in [3.05, 3.63) is 5.82 Å². The molecule has 1 aromatic heterocycles. The van der Waals surface area contributed by atoms with Gasteiger partial charge in [0, 0.05) is 6.42 Å². The summed E-state index contributed by atoms with van der Waals surface area (Å²) in [6, 6.07) is -0.192. The molecule has 0 radical (unpaired) electrons. The fraction of sp³-hybridized carbons (Fsp3) is 0.833. The van der Waals surface area contributed by atoms with Gasteiger partial charge in [0.2, 0.25) is 0 Å². The molecule has 0 aliphatic carbocycles. The van der Waals surface area contributed by atoms with Gasteiger partial charge in [0.25, 0.3) is 0 Å². The highest BCUT2D eigenvalue weighted by atomic mass is 16.4. The first-order valence-corrected chi connectivity index (χ1v) is 6.63. The monoisotopic (exact) mass is 254 g/mol. The van der Waals surface area contributed by atoms with Gasteiger partial charge in [0.15, 0.2) is 5.82 Å². The highest BCUT2D eigenvalue weighted by molar-refractivity contribution is 5.67. The van der Waals surface area contributed by atoms with Gasteiger partial charge in [-0.2, -0.15) is 0 Å². The van der Waals surface area contributed by atoms with Crippen molar-refractivity contribution < 1.29 is 9.90 Å². The van der Waals surface area contributed by atoms with Crippen LogP contribution in [0.15, 0.2) is 0 Å². The molecule has 0 amide bonds. The van der Waals surface area contributed by atoms with Crippen molar-refractivity contribution in [3.63, 3.8) is 0 Å². The summed E-state index contributed by atoms with van der Waals surface area (Å²) in [5.41, 5.74) is 0. The van der Waals surface area contributed by atoms with Crippen LogP contribution in [0.4, 0.5) is 0 Å². The number of hydrogen-bond acceptors (Lipinski definition) is 4. The molecule has 1 rings (SSSR count). The number of unbranched alkanes of at least 4 members (excludes halogenated alkanes) is 4. The average molecular weight is 254 g/mol. The van der Waals surface area contributed by atoms with Crippen LogP contribution in [0.1, 0.15) is 64.2 Å². The SMILES string of the molecule is CCCCCCCc1nnnn1C(C)CC(=O)O. The lowest BCUT2D eigenvalue weighted by Gasteiger charge is -2.10. The van der Waals surface area contributed by atoms with Crippen molar-refractivity contribution in [2.24, 2.45) is 0 Å². The Balaban J connectivity index is 2.41. The van der Waals surface area contributed by atoms with E-state index in [2.05, 4.69) is 22.4 Å². The normalized spacial score (nSPS) is 12.6. The number of aromatic nitrogens is 4. The number of rotatable bonds is 9. The number of aliphatic carboxylic acids is 1. The van der Waals surface area contributed by atoms with Gasteiger partial charge in [0.05, 0.1) is 12.5 Å². The fourth-order valence-corrected chi connectivity index (χ4v) is 1.95. The molecule has 0 saturated heterocycles. The fourth-order valence-electron chi connectivity index (χ4n) is 1.95. The Hall–Kier alpha value is -1.46. The summed E-state index contributed by atoms with van der Waals surface area (Å²) in [4.78, 5) is 10.7. The van der Waals surface area contributed by atoms with Crippen molar-refractivity contribution in [1.29, 1.82) is 0 Å². The smallest absolute Gasteiger partial charge is 0.305 e. The first-order valence-electron chi connectivity index (χ1n) is 6.63. The zero-order valence-electron chi connectivity index (χ0n) is 11.2. The number of carbonyl (C=O) groups is 1. The van der Waals surface area contributed by atoms with Gasteiger partial charge in [-0.3, -0.25) is 4.79 Å². The molecule has 0 aliphatic heterocycles. The van der Waals surface area contributed by atoms with Crippen LogP contribution < -0.4 is 0 Å². The summed E-state index contributed by atoms with van der Waals surface area (Å²) >= 11 is 0. The van der Waals surface area contributed by atoms with Crippen LogP contribution in [0.5, 0.6) is 0 Å². The number of tetrazole rings is 1. The maximum Gasteiger partial charge on any atom is 0.305 e. The van der Waals surface area contributed by atoms with Gasteiger partial charge in [-0.1, -0.05) is 32.6 Å². The van der Waals surface area contributed by atoms with Gasteiger partial charge in [-0.05, 0) is 23.8 Å². The van der Waals surface area contributed by atoms with E-state index in [1.807, 2.05) is 6.92 Å². The first kappa shape index (κ1) is 14.6. The molecule has 1 N–H and O–H groups in total. The summed E-state index contributed by atoms with van der Waals surface area (Å²) in [7, 11) is 0. The molecule has 0 aliphatic rings. The van der Waals surface area contributed by atoms with Crippen LogP contribution in [0, 0.1) is 0 Å². The van der Waals surface area contributed by atoms with E-state index < -0.39 is 5.97 Å². The molecule has 1 heterocycles. The minimum absolute atomic E-state index is 0.0495. The standard InChI is InChI=1S/C12H22N4O2/c1-3-4-5-6-7-8-11-13-14-15-16(11)10(2)9-12(17)18/h10H,3-9H2,1-2H3,(H,17,18). The summed E-state index contributed by atoms with van der Waals surface area (Å²) in [5.74, 6) is -0.0351. The minimum atomic E-state index is -0.827. The van der Waals surface area contributed by atoms with E-state index in [9.17, 15) is 4.79 Å². The molecule has 102 valence electrons. The molecular formula is C12H22N4O2. The van der Waals surface area contributed by atoms with E-state index in [0.717, 1.165) is 18.7 Å². The topological polar surface area (TPSA) is 80.9 Å². The first-order chi connectivity index (χ1) is 8.65. The zero-order valence-corrected chi connectivity index (χ0v) is 11.2. The Labute approximate surface area is 107 Å². The summed E-state index contributed by atoms with van der Waals surface area (Å²) in [6.07, 6.45) is 6.83. The average Bonchev–Trinajstić information content (AvgIpc) is 2.76. The highest BCUT2D eigenvalue weighted by Gasteiger charge is 2.15. The van der Waals surface area contributed by atoms with Crippen LogP contribution in [0.25, 0.3) is 0 Å². The van der Waals surface area contributed by atoms with Gasteiger partial charge in [-0.15, -0.1) is 5.10 Å². The number of nitrogens with zero attached hydrogens (tertiary/aromatic N) is 4. The lowest BCUT2D eigenvalue weighted by Crippen LogP contribution is -2.15. The lowest BCUT2D eigenvalue weighted by atomic mass is 10.1. The van der Waals surface area contributed by atoms with E-state index in [0.29, 0.717) is 0 Å². The number of carboxylic acid groups (broad SMARTS) is 1. The molecule has 1 aromatic rings. The molecule has 6 nitrogen and oxygen atoms in total. The highest BCUT2D eigenvalue weighted by Crippen LogP contribution is 2.13. The van der Waals surface area contributed by atoms with Crippen LogP contribution in [-0.4, -0.2) is 31.3 Å². The quantitative estimate of drug-likeness (QED) is 0.683. The summed E-state index contributed by atoms with van der Waals surface area (Å²) in [5, 5.41) is 20.2. The molecule has 0 aromatic carbocycles. The minimum Gasteiger partial charge on any atom is -0.481 e. The number of hydrogen-bond donors (Lipinski definition) is 1. The number of aryl methyl sites for hydroxylation is 1. The Morgan fingerprint density at radius 1 is 1.33 bits per heavy atom. The van der Waals surface area contributed by atoms with Crippen molar-refractivity contribution in [2.45, 2.75) is 64.8 Å². The predicted octanol–water partition coefficient (Wildman–Crippen LogP) is 2.22. The van der Waals surface area contributed by atoms with Crippen molar-refractivity contribution in [1.82, 2.24) is 20.2 Å². The lowest BCUT2D eigenvalue weighted by molar-refractivity contribution is -0.137. The third-order valence-electron chi connectivity index (χ3n) is 2.95. The molecule has 0 saturated carbocycles. The Bertz CT molecular complexity index is 365. The molecule has 1 unspecified atom stereocenters. The van der Waals surface area contributed by atoms with E-state index in [-0.39, 0.29) is 12.5 Å². The summed E-state index contributed by atoms with van der Waals surface area (Å²) < 4.78 is 1.63. The Morgan fingerprint density at radius 3 is 2.72 bits per heavy atom. The largest absolute Gasteiger partial charge is 0.481 e. The second-order valence-electron chi connectivity index (χ2n) is 4.65.